The van der Waals surface area contributed by atoms with E-state index in [0.717, 1.165) is 8.95 Å². The number of hydrogen-bond acceptors (Lipinski definition) is 3. The molecular formula is C15H10Br2Cl2N2O2S. The van der Waals surface area contributed by atoms with Gasteiger partial charge in [0.15, 0.2) is 11.7 Å². The Labute approximate surface area is 171 Å². The summed E-state index contributed by atoms with van der Waals surface area (Å²) in [6, 6.07) is 10.3. The summed E-state index contributed by atoms with van der Waals surface area (Å²) in [7, 11) is 0. The van der Waals surface area contributed by atoms with Crippen molar-refractivity contribution in [1.82, 2.24) is 5.32 Å². The highest BCUT2D eigenvalue weighted by Crippen LogP contribution is 2.28. The van der Waals surface area contributed by atoms with Crippen molar-refractivity contribution < 1.29 is 9.53 Å². The van der Waals surface area contributed by atoms with Gasteiger partial charge >= 0.3 is 0 Å². The number of amides is 1. The second-order valence-electron chi connectivity index (χ2n) is 4.49. The summed E-state index contributed by atoms with van der Waals surface area (Å²) in [6.45, 7) is -0.177. The average molecular weight is 513 g/mol. The van der Waals surface area contributed by atoms with Gasteiger partial charge in [-0.2, -0.15) is 0 Å². The van der Waals surface area contributed by atoms with E-state index in [1.54, 1.807) is 24.3 Å². The van der Waals surface area contributed by atoms with Crippen LogP contribution >= 0.6 is 67.3 Å². The Kier molecular flexibility index (Phi) is 7.31. The highest BCUT2D eigenvalue weighted by atomic mass is 79.9. The average Bonchev–Trinajstić information content (AvgIpc) is 2.50. The minimum absolute atomic E-state index is 0.136. The Bertz CT molecular complexity index is 790. The number of carbonyl (C=O) groups excluding carboxylic acids is 1. The number of hydrogen-bond donors (Lipinski definition) is 2. The summed E-state index contributed by atoms with van der Waals surface area (Å²) >= 11 is 23.5. The molecule has 2 aromatic rings. The SMILES string of the molecule is O=C(COc1ccc(Br)cc1Br)NC(=S)Nc1ccc(Cl)c(Cl)c1. The van der Waals surface area contributed by atoms with Gasteiger partial charge in [0.05, 0.1) is 14.5 Å². The molecule has 0 aromatic heterocycles. The van der Waals surface area contributed by atoms with Crippen LogP contribution in [0, 0.1) is 0 Å². The topological polar surface area (TPSA) is 50.4 Å². The predicted molar refractivity (Wildman–Crippen MR) is 108 cm³/mol. The maximum absolute atomic E-state index is 11.9. The standard InChI is InChI=1S/C15H10Br2Cl2N2O2S/c16-8-1-4-13(10(17)5-8)23-7-14(22)21-15(24)20-9-2-3-11(18)12(19)6-9/h1-6H,7H2,(H2,20,21,22,24). The Morgan fingerprint density at radius 3 is 2.54 bits per heavy atom. The predicted octanol–water partition coefficient (Wildman–Crippen LogP) is 5.41. The third-order valence-electron chi connectivity index (χ3n) is 2.68. The van der Waals surface area contributed by atoms with Crippen molar-refractivity contribution >= 4 is 84.0 Å². The number of thiocarbonyl (C=S) groups is 1. The molecular weight excluding hydrogens is 503 g/mol. The van der Waals surface area contributed by atoms with E-state index in [0.29, 0.717) is 21.5 Å². The van der Waals surface area contributed by atoms with Crippen molar-refractivity contribution in [1.29, 1.82) is 0 Å². The van der Waals surface area contributed by atoms with E-state index < -0.39 is 0 Å². The van der Waals surface area contributed by atoms with Gasteiger partial charge in [-0.1, -0.05) is 39.1 Å². The van der Waals surface area contributed by atoms with Crippen LogP contribution in [0.1, 0.15) is 0 Å². The molecule has 0 saturated carbocycles. The molecule has 0 spiro atoms. The van der Waals surface area contributed by atoms with Gasteiger partial charge in [-0.25, -0.2) is 0 Å². The number of ether oxygens (including phenoxy) is 1. The number of carbonyl (C=O) groups is 1. The quantitative estimate of drug-likeness (QED) is 0.538. The van der Waals surface area contributed by atoms with E-state index in [-0.39, 0.29) is 17.6 Å². The molecule has 2 rings (SSSR count). The molecule has 0 aliphatic rings. The van der Waals surface area contributed by atoms with Crippen LogP contribution in [0.3, 0.4) is 0 Å². The lowest BCUT2D eigenvalue weighted by atomic mass is 10.3. The van der Waals surface area contributed by atoms with Gasteiger partial charge in [0.2, 0.25) is 0 Å². The molecule has 24 heavy (non-hydrogen) atoms. The Morgan fingerprint density at radius 2 is 1.88 bits per heavy atom. The molecule has 2 N–H and O–H groups in total. The molecule has 0 unspecified atom stereocenters. The van der Waals surface area contributed by atoms with E-state index >= 15 is 0 Å². The van der Waals surface area contributed by atoms with Gasteiger partial charge < -0.3 is 10.1 Å². The lowest BCUT2D eigenvalue weighted by Gasteiger charge is -2.11. The maximum atomic E-state index is 11.9. The van der Waals surface area contributed by atoms with Crippen LogP contribution in [0.15, 0.2) is 45.3 Å². The zero-order chi connectivity index (χ0) is 17.7. The largest absolute Gasteiger partial charge is 0.483 e. The highest BCUT2D eigenvalue weighted by Gasteiger charge is 2.09. The van der Waals surface area contributed by atoms with E-state index in [1.165, 1.54) is 0 Å². The third-order valence-corrected chi connectivity index (χ3v) is 4.74. The van der Waals surface area contributed by atoms with Crippen molar-refractivity contribution in [3.8, 4) is 5.75 Å². The minimum atomic E-state index is -0.387. The Balaban J connectivity index is 1.85. The van der Waals surface area contributed by atoms with E-state index in [9.17, 15) is 4.79 Å². The smallest absolute Gasteiger partial charge is 0.264 e. The summed E-state index contributed by atoms with van der Waals surface area (Å²) < 4.78 is 7.07. The van der Waals surface area contributed by atoms with E-state index in [1.807, 2.05) is 12.1 Å². The van der Waals surface area contributed by atoms with Gasteiger partial charge in [0.25, 0.3) is 5.91 Å². The Hall–Kier alpha value is -0.860. The molecule has 0 atom stereocenters. The van der Waals surface area contributed by atoms with Gasteiger partial charge in [-0.3, -0.25) is 10.1 Å². The number of halogens is 4. The van der Waals surface area contributed by atoms with Crippen LogP contribution < -0.4 is 15.4 Å². The second kappa shape index (κ2) is 9.01. The van der Waals surface area contributed by atoms with Crippen LogP contribution in [0.2, 0.25) is 10.0 Å². The number of benzene rings is 2. The van der Waals surface area contributed by atoms with Gasteiger partial charge in [-0.15, -0.1) is 0 Å². The number of anilines is 1. The monoisotopic (exact) mass is 510 g/mol. The van der Waals surface area contributed by atoms with E-state index in [4.69, 9.17) is 40.2 Å². The molecule has 0 aliphatic carbocycles. The molecule has 0 bridgehead atoms. The maximum Gasteiger partial charge on any atom is 0.264 e. The molecule has 0 fully saturated rings. The van der Waals surface area contributed by atoms with Crippen LogP contribution in [0.5, 0.6) is 5.75 Å². The summed E-state index contributed by atoms with van der Waals surface area (Å²) in [6.07, 6.45) is 0. The fourth-order valence-corrected chi connectivity index (χ4v) is 3.33. The van der Waals surface area contributed by atoms with Gasteiger partial charge in [0, 0.05) is 10.2 Å². The first-order valence-corrected chi connectivity index (χ1v) is 9.24. The molecule has 0 saturated heterocycles. The second-order valence-corrected chi connectivity index (χ2v) is 7.49. The fraction of sp³-hybridized carbons (Fsp3) is 0.0667. The highest BCUT2D eigenvalue weighted by molar-refractivity contribution is 9.11. The third kappa shape index (κ3) is 5.89. The molecule has 1 amide bonds. The lowest BCUT2D eigenvalue weighted by Crippen LogP contribution is -2.37. The molecule has 4 nitrogen and oxygen atoms in total. The lowest BCUT2D eigenvalue weighted by molar-refractivity contribution is -0.121. The van der Waals surface area contributed by atoms with Crippen molar-refractivity contribution in [2.45, 2.75) is 0 Å². The first-order chi connectivity index (χ1) is 11.3. The Morgan fingerprint density at radius 1 is 1.12 bits per heavy atom. The van der Waals surface area contributed by atoms with Crippen LogP contribution in [0.4, 0.5) is 5.69 Å². The summed E-state index contributed by atoms with van der Waals surface area (Å²) in [5, 5.41) is 6.32. The zero-order valence-corrected chi connectivity index (χ0v) is 17.4. The summed E-state index contributed by atoms with van der Waals surface area (Å²) in [5.41, 5.74) is 0.617. The fourth-order valence-electron chi connectivity index (χ4n) is 1.63. The molecule has 126 valence electrons. The minimum Gasteiger partial charge on any atom is -0.483 e. The molecule has 0 heterocycles. The van der Waals surface area contributed by atoms with Gasteiger partial charge in [-0.05, 0) is 64.5 Å². The van der Waals surface area contributed by atoms with Crippen molar-refractivity contribution in [2.24, 2.45) is 0 Å². The molecule has 2 aromatic carbocycles. The normalized spacial score (nSPS) is 10.2. The van der Waals surface area contributed by atoms with Crippen molar-refractivity contribution in [2.75, 3.05) is 11.9 Å². The molecule has 0 aliphatic heterocycles. The van der Waals surface area contributed by atoms with Crippen LogP contribution in [-0.4, -0.2) is 17.6 Å². The molecule has 0 radical (unpaired) electrons. The van der Waals surface area contributed by atoms with Crippen LogP contribution in [0.25, 0.3) is 0 Å². The first kappa shape index (κ1) is 19.5. The summed E-state index contributed by atoms with van der Waals surface area (Å²) in [4.78, 5) is 11.9. The summed E-state index contributed by atoms with van der Waals surface area (Å²) in [5.74, 6) is 0.166. The van der Waals surface area contributed by atoms with Gasteiger partial charge in [0.1, 0.15) is 5.75 Å². The zero-order valence-electron chi connectivity index (χ0n) is 11.9. The number of nitrogens with one attached hydrogen (secondary N) is 2. The molecule has 9 heteroatoms. The van der Waals surface area contributed by atoms with Crippen molar-refractivity contribution in [3.05, 3.63) is 55.4 Å². The first-order valence-electron chi connectivity index (χ1n) is 6.49. The van der Waals surface area contributed by atoms with E-state index in [2.05, 4.69) is 42.5 Å². The number of rotatable bonds is 4. The van der Waals surface area contributed by atoms with Crippen LogP contribution in [-0.2, 0) is 4.79 Å². The van der Waals surface area contributed by atoms with Crippen molar-refractivity contribution in [3.63, 3.8) is 0 Å².